The number of likely N-dealkylation sites (tertiary alicyclic amines) is 1. The van der Waals surface area contributed by atoms with E-state index in [0.717, 1.165) is 25.5 Å². The van der Waals surface area contributed by atoms with E-state index in [4.69, 9.17) is 9.47 Å². The number of aldehydes is 1. The smallest absolute Gasteiger partial charge is 0.225 e. The van der Waals surface area contributed by atoms with E-state index < -0.39 is 0 Å². The minimum absolute atomic E-state index is 0.0141. The molecule has 0 N–H and O–H groups in total. The molecule has 2 amide bonds. The van der Waals surface area contributed by atoms with E-state index in [9.17, 15) is 14.4 Å². The summed E-state index contributed by atoms with van der Waals surface area (Å²) in [7, 11) is 4.95. The number of amides is 2. The number of nitrogens with zero attached hydrogens (tertiary/aromatic N) is 2. The molecule has 0 aromatic carbocycles. The average molecular weight is 399 g/mol. The van der Waals surface area contributed by atoms with Gasteiger partial charge in [-0.15, -0.1) is 0 Å². The van der Waals surface area contributed by atoms with Crippen LogP contribution >= 0.6 is 0 Å². The molecule has 0 aromatic rings. The highest BCUT2D eigenvalue weighted by Gasteiger charge is 2.40. The summed E-state index contributed by atoms with van der Waals surface area (Å²) < 4.78 is 11.3. The van der Waals surface area contributed by atoms with Gasteiger partial charge in [-0.05, 0) is 18.8 Å². The van der Waals surface area contributed by atoms with Gasteiger partial charge < -0.3 is 24.1 Å². The van der Waals surface area contributed by atoms with Crippen molar-refractivity contribution in [2.24, 2.45) is 11.8 Å². The molecule has 0 saturated carbocycles. The summed E-state index contributed by atoms with van der Waals surface area (Å²) in [5.41, 5.74) is 0. The predicted octanol–water partition coefficient (Wildman–Crippen LogP) is 2.13. The van der Waals surface area contributed by atoms with Crippen molar-refractivity contribution in [3.63, 3.8) is 0 Å². The maximum absolute atomic E-state index is 13.2. The Hall–Kier alpha value is -1.47. The Morgan fingerprint density at radius 2 is 1.89 bits per heavy atom. The summed E-state index contributed by atoms with van der Waals surface area (Å²) >= 11 is 0. The molecule has 0 unspecified atom stereocenters. The Morgan fingerprint density at radius 1 is 1.25 bits per heavy atom. The van der Waals surface area contributed by atoms with Gasteiger partial charge in [-0.1, -0.05) is 27.2 Å². The number of hydrogen-bond donors (Lipinski definition) is 0. The number of carbonyl (C=O) groups is 3. The minimum atomic E-state index is -0.387. The van der Waals surface area contributed by atoms with Crippen molar-refractivity contribution in [3.05, 3.63) is 0 Å². The Kier molecular flexibility index (Phi) is 10.1. The summed E-state index contributed by atoms with van der Waals surface area (Å²) in [5, 5.41) is 0. The van der Waals surface area contributed by atoms with Gasteiger partial charge in [-0.3, -0.25) is 9.59 Å². The molecule has 1 aliphatic rings. The molecule has 0 spiro atoms. The second-order valence-corrected chi connectivity index (χ2v) is 7.98. The van der Waals surface area contributed by atoms with Crippen LogP contribution in [-0.4, -0.2) is 80.0 Å². The van der Waals surface area contributed by atoms with Crippen molar-refractivity contribution in [1.29, 1.82) is 0 Å². The van der Waals surface area contributed by atoms with Crippen LogP contribution in [0.5, 0.6) is 0 Å². The fourth-order valence-electron chi connectivity index (χ4n) is 4.33. The number of ether oxygens (including phenoxy) is 2. The molecule has 1 fully saturated rings. The standard InChI is InChI=1S/C21H38N2O5/c1-8-14(2)20(22(5)16(4)25)18(27-6)12-19(26)23-11-9-10-17(23)21(28-7)15(3)13-24/h13-15,17-18,20-21H,8-12H2,1-7H3/t14-,15-,17-,18+,20-,21+/m0/s1. The van der Waals surface area contributed by atoms with Gasteiger partial charge in [0.1, 0.15) is 6.29 Å². The van der Waals surface area contributed by atoms with Gasteiger partial charge >= 0.3 is 0 Å². The highest BCUT2D eigenvalue weighted by atomic mass is 16.5. The van der Waals surface area contributed by atoms with Crippen LogP contribution in [0.4, 0.5) is 0 Å². The molecular weight excluding hydrogens is 360 g/mol. The topological polar surface area (TPSA) is 76.2 Å². The van der Waals surface area contributed by atoms with Crippen LogP contribution in [0.3, 0.4) is 0 Å². The first-order valence-electron chi connectivity index (χ1n) is 10.3. The van der Waals surface area contributed by atoms with Crippen molar-refractivity contribution >= 4 is 18.1 Å². The van der Waals surface area contributed by atoms with E-state index in [1.807, 2.05) is 11.8 Å². The summed E-state index contributed by atoms with van der Waals surface area (Å²) in [4.78, 5) is 39.9. The predicted molar refractivity (Wildman–Crippen MR) is 108 cm³/mol. The van der Waals surface area contributed by atoms with Gasteiger partial charge in [0, 0.05) is 40.7 Å². The van der Waals surface area contributed by atoms with Crippen molar-refractivity contribution in [2.45, 2.75) is 77.7 Å². The number of likely N-dealkylation sites (N-methyl/N-ethyl adjacent to an activating group) is 1. The maximum atomic E-state index is 13.2. The third-order valence-corrected chi connectivity index (χ3v) is 6.23. The van der Waals surface area contributed by atoms with Gasteiger partial charge in [0.05, 0.1) is 30.7 Å². The van der Waals surface area contributed by atoms with Gasteiger partial charge in [-0.2, -0.15) is 0 Å². The lowest BCUT2D eigenvalue weighted by molar-refractivity contribution is -0.144. The Bertz CT molecular complexity index is 527. The van der Waals surface area contributed by atoms with E-state index in [0.29, 0.717) is 6.54 Å². The SMILES string of the molecule is CC[C@H](C)[C@@H]([C@@H](CC(=O)N1CCC[C@H]1[C@H](OC)[C@@H](C)C=O)OC)N(C)C(C)=O. The normalized spacial score (nSPS) is 22.2. The summed E-state index contributed by atoms with van der Waals surface area (Å²) in [6, 6.07) is -0.285. The molecule has 6 atom stereocenters. The third-order valence-electron chi connectivity index (χ3n) is 6.23. The molecule has 0 radical (unpaired) electrons. The second kappa shape index (κ2) is 11.5. The highest BCUT2D eigenvalue weighted by molar-refractivity contribution is 5.78. The zero-order chi connectivity index (χ0) is 21.4. The van der Waals surface area contributed by atoms with E-state index in [-0.39, 0.29) is 54.4 Å². The van der Waals surface area contributed by atoms with E-state index in [1.54, 1.807) is 26.2 Å². The van der Waals surface area contributed by atoms with Gasteiger partial charge in [0.15, 0.2) is 0 Å². The first-order chi connectivity index (χ1) is 13.2. The summed E-state index contributed by atoms with van der Waals surface area (Å²) in [5.74, 6) is -0.140. The van der Waals surface area contributed by atoms with Crippen LogP contribution in [0.25, 0.3) is 0 Å². The maximum Gasteiger partial charge on any atom is 0.225 e. The molecule has 0 aromatic heterocycles. The van der Waals surface area contributed by atoms with Crippen LogP contribution in [0.2, 0.25) is 0 Å². The first-order valence-corrected chi connectivity index (χ1v) is 10.3. The zero-order valence-electron chi connectivity index (χ0n) is 18.5. The Morgan fingerprint density at radius 3 is 2.36 bits per heavy atom. The molecule has 7 heteroatoms. The third kappa shape index (κ3) is 5.77. The lowest BCUT2D eigenvalue weighted by Gasteiger charge is -2.38. The Labute approximate surface area is 169 Å². The number of hydrogen-bond acceptors (Lipinski definition) is 5. The van der Waals surface area contributed by atoms with Crippen molar-refractivity contribution in [2.75, 3.05) is 27.8 Å². The average Bonchev–Trinajstić information content (AvgIpc) is 3.16. The highest BCUT2D eigenvalue weighted by Crippen LogP contribution is 2.28. The second-order valence-electron chi connectivity index (χ2n) is 7.98. The van der Waals surface area contributed by atoms with Crippen LogP contribution < -0.4 is 0 Å². The zero-order valence-corrected chi connectivity index (χ0v) is 18.5. The quantitative estimate of drug-likeness (QED) is 0.498. The summed E-state index contributed by atoms with van der Waals surface area (Å²) in [6.07, 6.45) is 2.98. The molecule has 162 valence electrons. The number of methoxy groups -OCH3 is 2. The monoisotopic (exact) mass is 398 g/mol. The largest absolute Gasteiger partial charge is 0.379 e. The van der Waals surface area contributed by atoms with Gasteiger partial charge in [0.2, 0.25) is 11.8 Å². The minimum Gasteiger partial charge on any atom is -0.379 e. The molecule has 1 rings (SSSR count). The lowest BCUT2D eigenvalue weighted by Crippen LogP contribution is -2.52. The van der Waals surface area contributed by atoms with E-state index in [2.05, 4.69) is 13.8 Å². The molecule has 1 heterocycles. The van der Waals surface area contributed by atoms with Gasteiger partial charge in [0.25, 0.3) is 0 Å². The molecule has 7 nitrogen and oxygen atoms in total. The molecule has 1 saturated heterocycles. The van der Waals surface area contributed by atoms with Crippen molar-refractivity contribution < 1.29 is 23.9 Å². The number of rotatable bonds is 11. The van der Waals surface area contributed by atoms with Crippen molar-refractivity contribution in [3.8, 4) is 0 Å². The van der Waals surface area contributed by atoms with Crippen LogP contribution in [0, 0.1) is 11.8 Å². The molecule has 0 aliphatic carbocycles. The molecule has 0 bridgehead atoms. The van der Waals surface area contributed by atoms with Crippen LogP contribution in [0.1, 0.15) is 53.4 Å². The van der Waals surface area contributed by atoms with E-state index in [1.165, 1.54) is 6.92 Å². The first kappa shape index (κ1) is 24.6. The molecular formula is C21H38N2O5. The van der Waals surface area contributed by atoms with Crippen LogP contribution in [0.15, 0.2) is 0 Å². The lowest BCUT2D eigenvalue weighted by atomic mass is 9.90. The fourth-order valence-corrected chi connectivity index (χ4v) is 4.33. The van der Waals surface area contributed by atoms with Crippen molar-refractivity contribution in [1.82, 2.24) is 9.80 Å². The Balaban J connectivity index is 2.99. The molecule has 1 aliphatic heterocycles. The molecule has 28 heavy (non-hydrogen) atoms. The summed E-state index contributed by atoms with van der Waals surface area (Å²) in [6.45, 7) is 8.15. The number of carbonyl (C=O) groups excluding carboxylic acids is 3. The van der Waals surface area contributed by atoms with E-state index >= 15 is 0 Å². The van der Waals surface area contributed by atoms with Crippen LogP contribution in [-0.2, 0) is 23.9 Å². The fraction of sp³-hybridized carbons (Fsp3) is 0.857. The van der Waals surface area contributed by atoms with Gasteiger partial charge in [-0.25, -0.2) is 0 Å².